The Morgan fingerprint density at radius 3 is 2.79 bits per heavy atom. The highest BCUT2D eigenvalue weighted by molar-refractivity contribution is 7.22. The van der Waals surface area contributed by atoms with Gasteiger partial charge in [-0.05, 0) is 24.3 Å². The zero-order chi connectivity index (χ0) is 20.4. The first-order valence-corrected chi connectivity index (χ1v) is 9.30. The Labute approximate surface area is 167 Å². The normalized spacial score (nSPS) is 10.8. The van der Waals surface area contributed by atoms with Gasteiger partial charge in [0.15, 0.2) is 23.1 Å². The Balaban J connectivity index is 1.45. The molecule has 4 rings (SSSR count). The first kappa shape index (κ1) is 18.6. The fraction of sp³-hybridized carbons (Fsp3) is 0.100. The fourth-order valence-corrected chi connectivity index (χ4v) is 3.59. The summed E-state index contributed by atoms with van der Waals surface area (Å²) in [7, 11) is 1.45. The quantitative estimate of drug-likeness (QED) is 0.398. The van der Waals surface area contributed by atoms with Crippen LogP contribution in [-0.2, 0) is 9.53 Å². The van der Waals surface area contributed by atoms with Crippen LogP contribution in [0, 0.1) is 0 Å². The lowest BCUT2D eigenvalue weighted by molar-refractivity contribution is -0.119. The summed E-state index contributed by atoms with van der Waals surface area (Å²) in [5.41, 5.74) is -0.198. The van der Waals surface area contributed by atoms with Crippen LogP contribution in [0.3, 0.4) is 0 Å². The molecule has 0 saturated carbocycles. The topological polar surface area (TPSA) is 108 Å². The number of amides is 1. The van der Waals surface area contributed by atoms with Crippen molar-refractivity contribution in [3.05, 3.63) is 64.5 Å². The molecule has 2 aromatic carbocycles. The van der Waals surface area contributed by atoms with Gasteiger partial charge in [-0.25, -0.2) is 14.6 Å². The molecular formula is C20H14N2O6S. The Bertz CT molecular complexity index is 1260. The molecule has 0 aliphatic heterocycles. The van der Waals surface area contributed by atoms with Crippen LogP contribution in [0.25, 0.3) is 21.2 Å². The number of aromatic nitrogens is 1. The molecular weight excluding hydrogens is 396 g/mol. The number of benzene rings is 2. The number of carbonyl (C=O) groups is 2. The van der Waals surface area contributed by atoms with Gasteiger partial charge in [0.2, 0.25) is 0 Å². The van der Waals surface area contributed by atoms with Crippen molar-refractivity contribution >= 4 is 49.5 Å². The maximum atomic E-state index is 12.3. The third-order valence-electron chi connectivity index (χ3n) is 4.04. The van der Waals surface area contributed by atoms with E-state index in [9.17, 15) is 14.4 Å². The molecule has 29 heavy (non-hydrogen) atoms. The van der Waals surface area contributed by atoms with Gasteiger partial charge in [0.1, 0.15) is 5.56 Å². The van der Waals surface area contributed by atoms with Crippen molar-refractivity contribution in [3.63, 3.8) is 0 Å². The highest BCUT2D eigenvalue weighted by Crippen LogP contribution is 2.26. The molecule has 0 atom stereocenters. The lowest BCUT2D eigenvalue weighted by Gasteiger charge is -2.06. The minimum absolute atomic E-state index is 0.227. The summed E-state index contributed by atoms with van der Waals surface area (Å²) < 4.78 is 16.2. The number of para-hydroxylation sites is 2. The number of hydrogen-bond acceptors (Lipinski definition) is 8. The van der Waals surface area contributed by atoms with Gasteiger partial charge in [-0.15, -0.1) is 0 Å². The summed E-state index contributed by atoms with van der Waals surface area (Å²) in [6.45, 7) is -0.565. The Kier molecular flexibility index (Phi) is 4.96. The van der Waals surface area contributed by atoms with Crippen molar-refractivity contribution in [2.45, 2.75) is 0 Å². The average Bonchev–Trinajstić information content (AvgIpc) is 3.13. The average molecular weight is 410 g/mol. The zero-order valence-electron chi connectivity index (χ0n) is 15.1. The predicted octanol–water partition coefficient (Wildman–Crippen LogP) is 3.21. The number of fused-ring (bicyclic) bond motifs is 2. The summed E-state index contributed by atoms with van der Waals surface area (Å²) in [5, 5.41) is 3.46. The van der Waals surface area contributed by atoms with Crippen molar-refractivity contribution in [2.75, 3.05) is 19.0 Å². The highest BCUT2D eigenvalue weighted by atomic mass is 32.1. The molecule has 2 heterocycles. The molecule has 2 aromatic heterocycles. The minimum Gasteiger partial charge on any atom is -0.493 e. The van der Waals surface area contributed by atoms with Gasteiger partial charge in [0.05, 0.1) is 17.3 Å². The van der Waals surface area contributed by atoms with Gasteiger partial charge >= 0.3 is 11.6 Å². The number of methoxy groups -OCH3 is 1. The second-order valence-corrected chi connectivity index (χ2v) is 6.97. The molecule has 9 heteroatoms. The molecule has 0 spiro atoms. The molecule has 0 fully saturated rings. The molecule has 4 aromatic rings. The molecule has 0 bridgehead atoms. The van der Waals surface area contributed by atoms with E-state index in [2.05, 4.69) is 10.3 Å². The van der Waals surface area contributed by atoms with Crippen molar-refractivity contribution in [1.82, 2.24) is 4.98 Å². The standard InChI is InChI=1S/C20H14N2O6S/c1-26-14-7-4-5-11-9-12(19(25)28-17(11)14)18(24)27-10-16(23)22-20-21-13-6-2-3-8-15(13)29-20/h2-9H,10H2,1H3,(H,21,22,23). The number of esters is 1. The molecule has 1 amide bonds. The third kappa shape index (κ3) is 3.81. The van der Waals surface area contributed by atoms with Crippen LogP contribution < -0.4 is 15.7 Å². The first-order valence-electron chi connectivity index (χ1n) is 8.48. The molecule has 8 nitrogen and oxygen atoms in total. The van der Waals surface area contributed by atoms with E-state index in [0.29, 0.717) is 16.3 Å². The van der Waals surface area contributed by atoms with E-state index in [4.69, 9.17) is 13.9 Å². The number of hydrogen-bond donors (Lipinski definition) is 1. The summed E-state index contributed by atoms with van der Waals surface area (Å²) in [5.74, 6) is -1.15. The van der Waals surface area contributed by atoms with Crippen LogP contribution in [0.4, 0.5) is 5.13 Å². The summed E-state index contributed by atoms with van der Waals surface area (Å²) in [4.78, 5) is 40.7. The molecule has 1 N–H and O–H groups in total. The molecule has 0 radical (unpaired) electrons. The smallest absolute Gasteiger partial charge is 0.351 e. The van der Waals surface area contributed by atoms with Crippen molar-refractivity contribution in [2.24, 2.45) is 0 Å². The lowest BCUT2D eigenvalue weighted by Crippen LogP contribution is -2.23. The molecule has 0 unspecified atom stereocenters. The number of rotatable bonds is 5. The highest BCUT2D eigenvalue weighted by Gasteiger charge is 2.18. The van der Waals surface area contributed by atoms with E-state index in [1.807, 2.05) is 24.3 Å². The second-order valence-electron chi connectivity index (χ2n) is 5.94. The second kappa shape index (κ2) is 7.72. The van der Waals surface area contributed by atoms with Gasteiger partial charge in [-0.3, -0.25) is 10.1 Å². The van der Waals surface area contributed by atoms with Crippen LogP contribution in [-0.4, -0.2) is 30.6 Å². The van der Waals surface area contributed by atoms with E-state index in [-0.39, 0.29) is 11.1 Å². The van der Waals surface area contributed by atoms with E-state index in [1.54, 1.807) is 18.2 Å². The number of nitrogens with one attached hydrogen (secondary N) is 1. The third-order valence-corrected chi connectivity index (χ3v) is 4.99. The SMILES string of the molecule is COc1cccc2cc(C(=O)OCC(=O)Nc3nc4ccccc4s3)c(=O)oc12. The van der Waals surface area contributed by atoms with Gasteiger partial charge in [-0.2, -0.15) is 0 Å². The maximum Gasteiger partial charge on any atom is 0.351 e. The lowest BCUT2D eigenvalue weighted by atomic mass is 10.2. The molecule has 146 valence electrons. The number of nitrogens with zero attached hydrogens (tertiary/aromatic N) is 1. The van der Waals surface area contributed by atoms with Crippen molar-refractivity contribution in [3.8, 4) is 5.75 Å². The van der Waals surface area contributed by atoms with Gasteiger partial charge in [-0.1, -0.05) is 35.6 Å². The zero-order valence-corrected chi connectivity index (χ0v) is 15.9. The molecule has 0 aliphatic rings. The fourth-order valence-electron chi connectivity index (χ4n) is 2.71. The summed E-state index contributed by atoms with van der Waals surface area (Å²) >= 11 is 1.30. The Morgan fingerprint density at radius 1 is 1.17 bits per heavy atom. The minimum atomic E-state index is -0.956. The summed E-state index contributed by atoms with van der Waals surface area (Å²) in [6.07, 6.45) is 0. The van der Waals surface area contributed by atoms with Gasteiger partial charge in [0, 0.05) is 5.39 Å². The Morgan fingerprint density at radius 2 is 2.00 bits per heavy atom. The monoisotopic (exact) mass is 410 g/mol. The number of thiazole rings is 1. The number of anilines is 1. The van der Waals surface area contributed by atoms with Gasteiger partial charge in [0.25, 0.3) is 5.91 Å². The summed E-state index contributed by atoms with van der Waals surface area (Å²) in [6, 6.07) is 13.8. The molecule has 0 saturated heterocycles. The van der Waals surface area contributed by atoms with E-state index >= 15 is 0 Å². The largest absolute Gasteiger partial charge is 0.493 e. The van der Waals surface area contributed by atoms with Crippen LogP contribution in [0.2, 0.25) is 0 Å². The van der Waals surface area contributed by atoms with Crippen molar-refractivity contribution in [1.29, 1.82) is 0 Å². The van der Waals surface area contributed by atoms with Gasteiger partial charge < -0.3 is 13.9 Å². The van der Waals surface area contributed by atoms with Crippen LogP contribution in [0.1, 0.15) is 10.4 Å². The van der Waals surface area contributed by atoms with E-state index < -0.39 is 24.1 Å². The van der Waals surface area contributed by atoms with Crippen molar-refractivity contribution < 1.29 is 23.5 Å². The van der Waals surface area contributed by atoms with Crippen LogP contribution in [0.15, 0.2) is 57.7 Å². The number of ether oxygens (including phenoxy) is 2. The molecule has 0 aliphatic carbocycles. The van der Waals surface area contributed by atoms with E-state index in [1.165, 1.54) is 24.5 Å². The number of carbonyl (C=O) groups excluding carboxylic acids is 2. The van der Waals surface area contributed by atoms with E-state index in [0.717, 1.165) is 10.2 Å². The first-order chi connectivity index (χ1) is 14.0. The predicted molar refractivity (Wildman–Crippen MR) is 108 cm³/mol. The maximum absolute atomic E-state index is 12.3. The van der Waals surface area contributed by atoms with Crippen LogP contribution in [0.5, 0.6) is 5.75 Å². The van der Waals surface area contributed by atoms with Crippen LogP contribution >= 0.6 is 11.3 Å². The Hall–Kier alpha value is -3.72.